The molecule has 5 rings (SSSR count). The van der Waals surface area contributed by atoms with Crippen LogP contribution in [0.4, 0.5) is 27.6 Å². The number of ether oxygens (including phenoxy) is 2. The summed E-state index contributed by atoms with van der Waals surface area (Å²) in [6, 6.07) is 13.6. The first kappa shape index (κ1) is 32.0. The van der Waals surface area contributed by atoms with E-state index in [1.165, 1.54) is 31.4 Å². The Bertz CT molecular complexity index is 1420. The van der Waals surface area contributed by atoms with Crippen LogP contribution in [0.2, 0.25) is 0 Å². The molecule has 44 heavy (non-hydrogen) atoms. The van der Waals surface area contributed by atoms with Crippen molar-refractivity contribution in [1.82, 2.24) is 4.90 Å². The lowest BCUT2D eigenvalue weighted by Gasteiger charge is -2.43. The maximum Gasteiger partial charge on any atom is 0.261 e. The van der Waals surface area contributed by atoms with Crippen LogP contribution in [0.25, 0.3) is 0 Å². The largest absolute Gasteiger partial charge is 0.392 e. The number of carbonyl (C=O) groups excluding carboxylic acids is 1. The third-order valence-electron chi connectivity index (χ3n) is 8.39. The third-order valence-corrected chi connectivity index (χ3v) is 8.39. The van der Waals surface area contributed by atoms with Gasteiger partial charge in [0.2, 0.25) is 5.82 Å². The number of rotatable bonds is 7. The number of nitrogens with zero attached hydrogens (tertiary/aromatic N) is 1. The fourth-order valence-electron chi connectivity index (χ4n) is 5.80. The second-order valence-corrected chi connectivity index (χ2v) is 11.4. The molecule has 3 aromatic carbocycles. The molecule has 0 aliphatic carbocycles. The van der Waals surface area contributed by atoms with Crippen molar-refractivity contribution in [2.24, 2.45) is 5.92 Å². The van der Waals surface area contributed by atoms with Crippen LogP contribution in [-0.4, -0.2) is 41.7 Å². The normalized spacial score (nSPS) is 23.2. The van der Waals surface area contributed by atoms with E-state index in [9.17, 15) is 31.9 Å². The average Bonchev–Trinajstić information content (AvgIpc) is 3.01. The predicted octanol–water partition coefficient (Wildman–Crippen LogP) is 7.18. The Kier molecular flexibility index (Phi) is 10.3. The van der Waals surface area contributed by atoms with Crippen LogP contribution >= 0.6 is 0 Å². The average molecular weight is 619 g/mol. The minimum absolute atomic E-state index is 0.00322. The molecule has 2 saturated heterocycles. The van der Waals surface area contributed by atoms with Crippen LogP contribution in [0.15, 0.2) is 48.5 Å². The van der Waals surface area contributed by atoms with Crippen molar-refractivity contribution in [3.05, 3.63) is 99.9 Å². The molecule has 2 N–H and O–H groups in total. The van der Waals surface area contributed by atoms with Crippen LogP contribution < -0.4 is 5.32 Å². The van der Waals surface area contributed by atoms with E-state index in [0.29, 0.717) is 5.56 Å². The Morgan fingerprint density at radius 1 is 0.795 bits per heavy atom. The number of hydrogen-bond acceptors (Lipinski definition) is 5. The zero-order valence-corrected chi connectivity index (χ0v) is 24.3. The molecule has 1 amide bonds. The highest BCUT2D eigenvalue weighted by atomic mass is 19.2. The Morgan fingerprint density at radius 2 is 1.34 bits per heavy atom. The van der Waals surface area contributed by atoms with Crippen LogP contribution in [0.1, 0.15) is 78.5 Å². The first-order valence-corrected chi connectivity index (χ1v) is 14.8. The topological polar surface area (TPSA) is 71.0 Å². The predicted molar refractivity (Wildman–Crippen MR) is 153 cm³/mol. The maximum atomic E-state index is 14.1. The summed E-state index contributed by atoms with van der Waals surface area (Å²) < 4.78 is 81.9. The number of anilines is 1. The number of amides is 1. The molecule has 0 saturated carbocycles. The Hall–Kier alpha value is -3.38. The fourth-order valence-corrected chi connectivity index (χ4v) is 5.80. The molecule has 236 valence electrons. The quantitative estimate of drug-likeness (QED) is 0.167. The third kappa shape index (κ3) is 6.96. The molecule has 2 heterocycles. The number of nitrogens with one attached hydrogen (secondary N) is 1. The van der Waals surface area contributed by atoms with E-state index in [1.807, 2.05) is 24.3 Å². The molecular formula is C33H35F5N2O4. The molecule has 0 spiro atoms. The number of hydrogen-bond donors (Lipinski definition) is 2. The standard InChI is InChI=1S/C33H35F5N2O4/c1-19-24(17-40-15-5-3-2-4-6-16-40)43-33(44-31(19)21-9-7-20(18-41)8-10-21)22-11-13-23(14-12-22)39-32(42)25-26(34)28(36)30(38)29(37)27(25)35/h7-14,19,24,31,33,41H,2-6,15-18H2,1H3,(H,39,42)/t19-,24+,31+,33+/m1/s1. The van der Waals surface area contributed by atoms with Crippen molar-refractivity contribution in [2.45, 2.75) is 64.1 Å². The molecule has 3 aromatic rings. The van der Waals surface area contributed by atoms with Gasteiger partial charge >= 0.3 is 0 Å². The smallest absolute Gasteiger partial charge is 0.261 e. The minimum atomic E-state index is -2.34. The molecule has 11 heteroatoms. The summed E-state index contributed by atoms with van der Waals surface area (Å²) in [6.07, 6.45) is 4.64. The van der Waals surface area contributed by atoms with Gasteiger partial charge in [0.15, 0.2) is 29.6 Å². The zero-order valence-electron chi connectivity index (χ0n) is 24.3. The van der Waals surface area contributed by atoms with Gasteiger partial charge in [0.1, 0.15) is 5.56 Å². The molecule has 2 aliphatic heterocycles. The number of benzene rings is 3. The number of aliphatic hydroxyl groups is 1. The van der Waals surface area contributed by atoms with Crippen molar-refractivity contribution >= 4 is 11.6 Å². The van der Waals surface area contributed by atoms with Crippen LogP contribution in [0, 0.1) is 35.0 Å². The van der Waals surface area contributed by atoms with Gasteiger partial charge in [-0.05, 0) is 49.2 Å². The summed E-state index contributed by atoms with van der Waals surface area (Å²) in [5.74, 6) is -12.6. The molecule has 0 bridgehead atoms. The van der Waals surface area contributed by atoms with E-state index in [2.05, 4.69) is 17.1 Å². The van der Waals surface area contributed by atoms with Crippen LogP contribution in [0.3, 0.4) is 0 Å². The van der Waals surface area contributed by atoms with Gasteiger partial charge in [0, 0.05) is 23.7 Å². The lowest BCUT2D eigenvalue weighted by atomic mass is 9.89. The fraction of sp³-hybridized carbons (Fsp3) is 0.424. The van der Waals surface area contributed by atoms with Gasteiger partial charge in [-0.15, -0.1) is 0 Å². The lowest BCUT2D eigenvalue weighted by molar-refractivity contribution is -0.276. The SMILES string of the molecule is C[C@@H]1[C@H](CN2CCCCCCC2)O[C@H](c2ccc(NC(=O)c3c(F)c(F)c(F)c(F)c3F)cc2)O[C@@H]1c1ccc(CO)cc1. The van der Waals surface area contributed by atoms with Gasteiger partial charge in [-0.1, -0.05) is 62.6 Å². The van der Waals surface area contributed by atoms with E-state index in [-0.39, 0.29) is 30.4 Å². The van der Waals surface area contributed by atoms with Gasteiger partial charge in [-0.2, -0.15) is 0 Å². The molecule has 4 atom stereocenters. The lowest BCUT2D eigenvalue weighted by Crippen LogP contribution is -2.45. The van der Waals surface area contributed by atoms with Crippen molar-refractivity contribution in [3.8, 4) is 0 Å². The van der Waals surface area contributed by atoms with Gasteiger partial charge in [0.25, 0.3) is 5.91 Å². The highest BCUT2D eigenvalue weighted by molar-refractivity contribution is 6.04. The molecule has 0 unspecified atom stereocenters. The van der Waals surface area contributed by atoms with Gasteiger partial charge in [-0.25, -0.2) is 22.0 Å². The van der Waals surface area contributed by atoms with Crippen LogP contribution in [0.5, 0.6) is 0 Å². The second kappa shape index (κ2) is 14.2. The number of carbonyl (C=O) groups is 1. The Balaban J connectivity index is 1.36. The first-order valence-electron chi connectivity index (χ1n) is 14.8. The summed E-state index contributed by atoms with van der Waals surface area (Å²) in [6.45, 7) is 4.73. The van der Waals surface area contributed by atoms with E-state index < -0.39 is 46.8 Å². The van der Waals surface area contributed by atoms with E-state index >= 15 is 0 Å². The molecule has 2 aliphatic rings. The number of likely N-dealkylation sites (tertiary alicyclic amines) is 1. The van der Waals surface area contributed by atoms with Crippen LogP contribution in [-0.2, 0) is 16.1 Å². The zero-order chi connectivity index (χ0) is 31.4. The van der Waals surface area contributed by atoms with E-state index in [1.54, 1.807) is 12.1 Å². The van der Waals surface area contributed by atoms with Gasteiger partial charge in [0.05, 0.1) is 18.8 Å². The molecule has 0 radical (unpaired) electrons. The molecule has 2 fully saturated rings. The molecular weight excluding hydrogens is 583 g/mol. The molecule has 0 aromatic heterocycles. The Labute approximate surface area is 252 Å². The minimum Gasteiger partial charge on any atom is -0.392 e. The van der Waals surface area contributed by atoms with Crippen molar-refractivity contribution in [2.75, 3.05) is 25.0 Å². The van der Waals surface area contributed by atoms with Crippen molar-refractivity contribution < 1.29 is 41.3 Å². The first-order chi connectivity index (χ1) is 21.2. The number of halogens is 5. The highest BCUT2D eigenvalue weighted by Crippen LogP contribution is 2.42. The van der Waals surface area contributed by atoms with E-state index in [0.717, 1.165) is 43.6 Å². The summed E-state index contributed by atoms with van der Waals surface area (Å²) in [5.41, 5.74) is 0.833. The summed E-state index contributed by atoms with van der Waals surface area (Å²) >= 11 is 0. The molecule has 6 nitrogen and oxygen atoms in total. The summed E-state index contributed by atoms with van der Waals surface area (Å²) in [4.78, 5) is 14.9. The summed E-state index contributed by atoms with van der Waals surface area (Å²) in [7, 11) is 0. The van der Waals surface area contributed by atoms with Gasteiger partial charge < -0.3 is 24.8 Å². The maximum absolute atomic E-state index is 14.1. The number of aliphatic hydroxyl groups excluding tert-OH is 1. The monoisotopic (exact) mass is 618 g/mol. The van der Waals surface area contributed by atoms with Gasteiger partial charge in [-0.3, -0.25) is 4.79 Å². The second-order valence-electron chi connectivity index (χ2n) is 11.4. The highest BCUT2D eigenvalue weighted by Gasteiger charge is 2.39. The van der Waals surface area contributed by atoms with Crippen molar-refractivity contribution in [3.63, 3.8) is 0 Å². The van der Waals surface area contributed by atoms with Crippen molar-refractivity contribution in [1.29, 1.82) is 0 Å². The Morgan fingerprint density at radius 3 is 1.93 bits per heavy atom. The van der Waals surface area contributed by atoms with E-state index in [4.69, 9.17) is 9.47 Å². The summed E-state index contributed by atoms with van der Waals surface area (Å²) in [5, 5.41) is 11.7.